The summed E-state index contributed by atoms with van der Waals surface area (Å²) in [5, 5.41) is 2.85. The molecule has 1 atom stereocenters. The maximum Gasteiger partial charge on any atom is 0.230 e. The Morgan fingerprint density at radius 3 is 2.39 bits per heavy atom. The molecule has 0 aliphatic heterocycles. The van der Waals surface area contributed by atoms with E-state index >= 15 is 0 Å². The third-order valence-electron chi connectivity index (χ3n) is 2.47. The zero-order chi connectivity index (χ0) is 14.1. The van der Waals surface area contributed by atoms with Crippen LogP contribution >= 0.6 is 12.2 Å². The average molecular weight is 274 g/mol. The van der Waals surface area contributed by atoms with Crippen LogP contribution in [0.5, 0.6) is 0 Å². The van der Waals surface area contributed by atoms with E-state index in [1.807, 2.05) is 13.8 Å². The Balaban J connectivity index is 3.78. The highest BCUT2D eigenvalue weighted by atomic mass is 32.1. The van der Waals surface area contributed by atoms with E-state index in [0.717, 1.165) is 13.0 Å². The summed E-state index contributed by atoms with van der Waals surface area (Å²) >= 11 is 4.91. The fourth-order valence-electron chi connectivity index (χ4n) is 1.58. The van der Waals surface area contributed by atoms with E-state index < -0.39 is 0 Å². The second kappa shape index (κ2) is 9.28. The van der Waals surface area contributed by atoms with Crippen molar-refractivity contribution in [3.05, 3.63) is 0 Å². The van der Waals surface area contributed by atoms with E-state index in [1.54, 1.807) is 0 Å². The van der Waals surface area contributed by atoms with Crippen molar-refractivity contribution >= 4 is 23.1 Å². The quantitative estimate of drug-likeness (QED) is 0.496. The average Bonchev–Trinajstić information content (AvgIpc) is 2.21. The first-order valence-corrected chi connectivity index (χ1v) is 6.91. The normalized spacial score (nSPS) is 12.8. The van der Waals surface area contributed by atoms with Crippen molar-refractivity contribution in [2.24, 2.45) is 23.5 Å². The standard InChI is InChI=1S/C13H26N2O2S/c1-9(2)8-17-7-5-6-15-13(16)11(10(3)4)12(14)18/h9-11H,5-8H2,1-4H3,(H2,14,18)(H,15,16). The zero-order valence-electron chi connectivity index (χ0n) is 11.9. The first-order chi connectivity index (χ1) is 8.36. The lowest BCUT2D eigenvalue weighted by Crippen LogP contribution is -2.41. The number of hydrogen-bond acceptors (Lipinski definition) is 3. The molecule has 0 heterocycles. The molecule has 0 radical (unpaired) electrons. The lowest BCUT2D eigenvalue weighted by atomic mass is 9.95. The maximum atomic E-state index is 11.8. The molecule has 0 saturated carbocycles. The highest BCUT2D eigenvalue weighted by Gasteiger charge is 2.24. The SMILES string of the molecule is CC(C)COCCCNC(=O)C(C(N)=S)C(C)C. The number of nitrogens with two attached hydrogens (primary N) is 1. The van der Waals surface area contributed by atoms with Gasteiger partial charge in [-0.25, -0.2) is 0 Å². The van der Waals surface area contributed by atoms with E-state index in [4.69, 9.17) is 22.7 Å². The van der Waals surface area contributed by atoms with Gasteiger partial charge in [0.1, 0.15) is 0 Å². The van der Waals surface area contributed by atoms with Gasteiger partial charge in [-0.2, -0.15) is 0 Å². The van der Waals surface area contributed by atoms with Crippen LogP contribution in [0.25, 0.3) is 0 Å². The summed E-state index contributed by atoms with van der Waals surface area (Å²) in [7, 11) is 0. The van der Waals surface area contributed by atoms with Gasteiger partial charge in [-0.1, -0.05) is 39.9 Å². The second-order valence-electron chi connectivity index (χ2n) is 5.24. The first-order valence-electron chi connectivity index (χ1n) is 6.51. The van der Waals surface area contributed by atoms with Crippen LogP contribution in [-0.2, 0) is 9.53 Å². The lowest BCUT2D eigenvalue weighted by Gasteiger charge is -2.18. The monoisotopic (exact) mass is 274 g/mol. The summed E-state index contributed by atoms with van der Waals surface area (Å²) in [6.07, 6.45) is 0.806. The van der Waals surface area contributed by atoms with Crippen molar-refractivity contribution in [1.82, 2.24) is 5.32 Å². The van der Waals surface area contributed by atoms with Crippen molar-refractivity contribution in [1.29, 1.82) is 0 Å². The van der Waals surface area contributed by atoms with Crippen LogP contribution < -0.4 is 11.1 Å². The molecule has 0 aromatic heterocycles. The van der Waals surface area contributed by atoms with Gasteiger partial charge in [-0.15, -0.1) is 0 Å². The molecule has 0 bridgehead atoms. The van der Waals surface area contributed by atoms with Crippen LogP contribution in [-0.4, -0.2) is 30.7 Å². The summed E-state index contributed by atoms with van der Waals surface area (Å²) in [5.41, 5.74) is 5.57. The lowest BCUT2D eigenvalue weighted by molar-refractivity contribution is -0.124. The van der Waals surface area contributed by atoms with Gasteiger partial charge in [0.2, 0.25) is 5.91 Å². The number of carbonyl (C=O) groups is 1. The highest BCUT2D eigenvalue weighted by molar-refractivity contribution is 7.80. The van der Waals surface area contributed by atoms with Crippen LogP contribution in [0.2, 0.25) is 0 Å². The Kier molecular flexibility index (Phi) is 8.93. The minimum Gasteiger partial charge on any atom is -0.393 e. The molecule has 0 saturated heterocycles. The molecule has 0 fully saturated rings. The number of amides is 1. The molecule has 0 rings (SSSR count). The number of ether oxygens (including phenoxy) is 1. The van der Waals surface area contributed by atoms with Crippen LogP contribution in [0.3, 0.4) is 0 Å². The van der Waals surface area contributed by atoms with Crippen LogP contribution in [0.1, 0.15) is 34.1 Å². The largest absolute Gasteiger partial charge is 0.393 e. The van der Waals surface area contributed by atoms with E-state index in [9.17, 15) is 4.79 Å². The molecule has 1 amide bonds. The van der Waals surface area contributed by atoms with Gasteiger partial charge < -0.3 is 15.8 Å². The van der Waals surface area contributed by atoms with Crippen molar-refractivity contribution in [2.45, 2.75) is 34.1 Å². The molecular formula is C13H26N2O2S. The van der Waals surface area contributed by atoms with Gasteiger partial charge in [0, 0.05) is 19.8 Å². The zero-order valence-corrected chi connectivity index (χ0v) is 12.7. The van der Waals surface area contributed by atoms with Gasteiger partial charge in [0.15, 0.2) is 0 Å². The van der Waals surface area contributed by atoms with Crippen molar-refractivity contribution < 1.29 is 9.53 Å². The fraction of sp³-hybridized carbons (Fsp3) is 0.846. The molecule has 0 aromatic carbocycles. The van der Waals surface area contributed by atoms with Crippen molar-refractivity contribution in [2.75, 3.05) is 19.8 Å². The van der Waals surface area contributed by atoms with Crippen molar-refractivity contribution in [3.63, 3.8) is 0 Å². The summed E-state index contributed by atoms with van der Waals surface area (Å²) in [4.78, 5) is 12.1. The molecule has 18 heavy (non-hydrogen) atoms. The Morgan fingerprint density at radius 2 is 1.94 bits per heavy atom. The number of thiocarbonyl (C=S) groups is 1. The van der Waals surface area contributed by atoms with E-state index in [0.29, 0.717) is 19.1 Å². The second-order valence-corrected chi connectivity index (χ2v) is 5.71. The van der Waals surface area contributed by atoms with Crippen molar-refractivity contribution in [3.8, 4) is 0 Å². The number of carbonyl (C=O) groups excluding carboxylic acids is 1. The summed E-state index contributed by atoms with van der Waals surface area (Å²) in [6, 6.07) is 0. The smallest absolute Gasteiger partial charge is 0.230 e. The van der Waals surface area contributed by atoms with Crippen LogP contribution in [0, 0.1) is 17.8 Å². The maximum absolute atomic E-state index is 11.8. The Labute approximate surface area is 116 Å². The molecule has 5 heteroatoms. The molecule has 3 N–H and O–H groups in total. The topological polar surface area (TPSA) is 64.3 Å². The Hall–Kier alpha value is -0.680. The molecule has 0 aromatic rings. The van der Waals surface area contributed by atoms with Gasteiger partial charge in [-0.05, 0) is 18.3 Å². The molecule has 106 valence electrons. The summed E-state index contributed by atoms with van der Waals surface area (Å²) < 4.78 is 5.43. The number of hydrogen-bond donors (Lipinski definition) is 2. The van der Waals surface area contributed by atoms with Gasteiger partial charge in [-0.3, -0.25) is 4.79 Å². The molecule has 0 aliphatic carbocycles. The predicted octanol–water partition coefficient (Wildman–Crippen LogP) is 1.72. The van der Waals surface area contributed by atoms with Gasteiger partial charge in [0.25, 0.3) is 0 Å². The van der Waals surface area contributed by atoms with E-state index in [1.165, 1.54) is 0 Å². The Morgan fingerprint density at radius 1 is 1.33 bits per heavy atom. The molecule has 1 unspecified atom stereocenters. The van der Waals surface area contributed by atoms with Crippen LogP contribution in [0.15, 0.2) is 0 Å². The minimum absolute atomic E-state index is 0.0821. The molecule has 0 spiro atoms. The predicted molar refractivity (Wildman–Crippen MR) is 78.4 cm³/mol. The Bertz CT molecular complexity index is 268. The third kappa shape index (κ3) is 7.61. The molecular weight excluding hydrogens is 248 g/mol. The summed E-state index contributed by atoms with van der Waals surface area (Å²) in [6.45, 7) is 10.1. The fourth-order valence-corrected chi connectivity index (χ4v) is 1.95. The highest BCUT2D eigenvalue weighted by Crippen LogP contribution is 2.11. The van der Waals surface area contributed by atoms with E-state index in [-0.39, 0.29) is 22.7 Å². The molecule has 4 nitrogen and oxygen atoms in total. The van der Waals surface area contributed by atoms with Gasteiger partial charge in [0.05, 0.1) is 10.9 Å². The van der Waals surface area contributed by atoms with Gasteiger partial charge >= 0.3 is 0 Å². The third-order valence-corrected chi connectivity index (χ3v) is 2.73. The minimum atomic E-state index is -0.378. The number of nitrogens with one attached hydrogen (secondary N) is 1. The molecule has 0 aliphatic rings. The van der Waals surface area contributed by atoms with Crippen LogP contribution in [0.4, 0.5) is 0 Å². The first kappa shape index (κ1) is 17.3. The number of rotatable bonds is 9. The van der Waals surface area contributed by atoms with E-state index in [2.05, 4.69) is 19.2 Å². The summed E-state index contributed by atoms with van der Waals surface area (Å²) in [5.74, 6) is 0.206.